The van der Waals surface area contributed by atoms with E-state index in [2.05, 4.69) is 60.5 Å². The Labute approximate surface area is 164 Å². The number of hydrogen-bond acceptors (Lipinski definition) is 4. The first-order chi connectivity index (χ1) is 12.9. The fourth-order valence-corrected chi connectivity index (χ4v) is 4.99. The number of benzene rings is 1. The minimum atomic E-state index is 0.201. The van der Waals surface area contributed by atoms with Crippen molar-refractivity contribution in [3.05, 3.63) is 34.9 Å². The number of rotatable bonds is 3. The summed E-state index contributed by atoms with van der Waals surface area (Å²) in [6.45, 7) is 10.3. The largest absolute Gasteiger partial charge is 0.342 e. The van der Waals surface area contributed by atoms with Crippen LogP contribution >= 0.6 is 11.8 Å². The van der Waals surface area contributed by atoms with Gasteiger partial charge in [0.2, 0.25) is 5.91 Å². The summed E-state index contributed by atoms with van der Waals surface area (Å²) in [5, 5.41) is 10.8. The molecular weight excluding hydrogens is 356 g/mol. The fourth-order valence-electron chi connectivity index (χ4n) is 4.14. The quantitative estimate of drug-likeness (QED) is 0.638. The van der Waals surface area contributed by atoms with Gasteiger partial charge >= 0.3 is 0 Å². The van der Waals surface area contributed by atoms with Crippen LogP contribution in [0, 0.1) is 26.7 Å². The van der Waals surface area contributed by atoms with E-state index in [9.17, 15) is 4.79 Å². The van der Waals surface area contributed by atoms with E-state index >= 15 is 0 Å². The van der Waals surface area contributed by atoms with Crippen LogP contribution in [0.25, 0.3) is 16.6 Å². The molecule has 6 heteroatoms. The predicted molar refractivity (Wildman–Crippen MR) is 110 cm³/mol. The monoisotopic (exact) mass is 382 g/mol. The highest BCUT2D eigenvalue weighted by molar-refractivity contribution is 7.99. The molecule has 142 valence electrons. The van der Waals surface area contributed by atoms with Crippen molar-refractivity contribution in [3.8, 4) is 0 Å². The summed E-state index contributed by atoms with van der Waals surface area (Å²) in [7, 11) is 0. The Morgan fingerprint density at radius 3 is 2.78 bits per heavy atom. The van der Waals surface area contributed by atoms with Crippen LogP contribution in [0.15, 0.2) is 23.4 Å². The Balaban J connectivity index is 1.67. The van der Waals surface area contributed by atoms with Crippen molar-refractivity contribution in [1.29, 1.82) is 0 Å². The van der Waals surface area contributed by atoms with Gasteiger partial charge in [-0.15, -0.1) is 10.2 Å². The lowest BCUT2D eigenvalue weighted by Gasteiger charge is -2.30. The zero-order chi connectivity index (χ0) is 19.1. The molecule has 1 saturated heterocycles. The van der Waals surface area contributed by atoms with Crippen molar-refractivity contribution in [2.75, 3.05) is 18.8 Å². The van der Waals surface area contributed by atoms with Crippen molar-refractivity contribution in [1.82, 2.24) is 19.5 Å². The van der Waals surface area contributed by atoms with E-state index in [4.69, 9.17) is 0 Å². The fraction of sp³-hybridized carbons (Fsp3) is 0.476. The van der Waals surface area contributed by atoms with Gasteiger partial charge in [0, 0.05) is 18.5 Å². The minimum absolute atomic E-state index is 0.201. The standard InChI is InChI=1S/C21H26N4OS/c1-13-6-5-7-24(11-13)19(26)12-27-21-23-22-18-10-15(3)17-9-14(2)8-16(4)20(17)25(18)21/h8-10,13H,5-7,11-12H2,1-4H3/t13-/m1/s1. The summed E-state index contributed by atoms with van der Waals surface area (Å²) in [5.74, 6) is 1.21. The molecule has 0 N–H and O–H groups in total. The Hall–Kier alpha value is -2.08. The van der Waals surface area contributed by atoms with Gasteiger partial charge in [-0.05, 0) is 62.8 Å². The second-order valence-electron chi connectivity index (χ2n) is 7.86. The smallest absolute Gasteiger partial charge is 0.233 e. The maximum Gasteiger partial charge on any atom is 0.233 e. The third kappa shape index (κ3) is 3.43. The van der Waals surface area contributed by atoms with Crippen LogP contribution in [0.1, 0.15) is 36.5 Å². The molecule has 0 unspecified atom stereocenters. The van der Waals surface area contributed by atoms with Crippen LogP contribution in [-0.2, 0) is 4.79 Å². The Bertz CT molecular complexity index is 1030. The summed E-state index contributed by atoms with van der Waals surface area (Å²) in [6.07, 6.45) is 2.32. The van der Waals surface area contributed by atoms with Crippen molar-refractivity contribution in [2.24, 2.45) is 5.92 Å². The van der Waals surface area contributed by atoms with Gasteiger partial charge in [0.15, 0.2) is 10.8 Å². The maximum absolute atomic E-state index is 12.7. The zero-order valence-corrected chi connectivity index (χ0v) is 17.3. The van der Waals surface area contributed by atoms with Crippen LogP contribution in [-0.4, -0.2) is 44.2 Å². The van der Waals surface area contributed by atoms with Gasteiger partial charge in [-0.1, -0.05) is 30.3 Å². The van der Waals surface area contributed by atoms with Gasteiger partial charge in [0.05, 0.1) is 11.3 Å². The molecule has 2 aromatic heterocycles. The number of likely N-dealkylation sites (tertiary alicyclic amines) is 1. The van der Waals surface area contributed by atoms with Crippen molar-refractivity contribution < 1.29 is 4.79 Å². The molecule has 5 nitrogen and oxygen atoms in total. The van der Waals surface area contributed by atoms with E-state index in [1.807, 2.05) is 4.90 Å². The molecule has 1 aliphatic heterocycles. The van der Waals surface area contributed by atoms with Crippen LogP contribution in [0.5, 0.6) is 0 Å². The number of amides is 1. The van der Waals surface area contributed by atoms with Crippen LogP contribution in [0.3, 0.4) is 0 Å². The third-order valence-electron chi connectivity index (χ3n) is 5.43. The van der Waals surface area contributed by atoms with Crippen molar-refractivity contribution in [3.63, 3.8) is 0 Å². The average molecular weight is 383 g/mol. The summed E-state index contributed by atoms with van der Waals surface area (Å²) < 4.78 is 2.11. The lowest BCUT2D eigenvalue weighted by molar-refractivity contribution is -0.130. The van der Waals surface area contributed by atoms with Gasteiger partial charge in [-0.2, -0.15) is 0 Å². The molecule has 0 aliphatic carbocycles. The van der Waals surface area contributed by atoms with Crippen LogP contribution in [0.4, 0.5) is 0 Å². The zero-order valence-electron chi connectivity index (χ0n) is 16.5. The van der Waals surface area contributed by atoms with E-state index < -0.39 is 0 Å². The number of carbonyl (C=O) groups excluding carboxylic acids is 1. The molecule has 1 aliphatic rings. The van der Waals surface area contributed by atoms with Crippen molar-refractivity contribution in [2.45, 2.75) is 45.7 Å². The van der Waals surface area contributed by atoms with Gasteiger partial charge in [-0.25, -0.2) is 0 Å². The van der Waals surface area contributed by atoms with E-state index in [0.717, 1.165) is 35.8 Å². The van der Waals surface area contributed by atoms with Crippen LogP contribution in [0.2, 0.25) is 0 Å². The van der Waals surface area contributed by atoms with E-state index in [1.165, 1.54) is 40.3 Å². The SMILES string of the molecule is Cc1cc(C)c2c(c1)c(C)cc1nnc(SCC(=O)N3CCC[C@@H](C)C3)n12. The number of pyridine rings is 1. The third-order valence-corrected chi connectivity index (χ3v) is 6.35. The second kappa shape index (κ2) is 7.15. The normalized spacial score (nSPS) is 17.8. The molecule has 0 bridgehead atoms. The number of aromatic nitrogens is 3. The molecule has 4 rings (SSSR count). The summed E-state index contributed by atoms with van der Waals surface area (Å²) in [4.78, 5) is 14.7. The number of thioether (sulfide) groups is 1. The van der Waals surface area contributed by atoms with E-state index in [0.29, 0.717) is 11.7 Å². The molecule has 0 radical (unpaired) electrons. The van der Waals surface area contributed by atoms with E-state index in [-0.39, 0.29) is 5.91 Å². The summed E-state index contributed by atoms with van der Waals surface area (Å²) >= 11 is 1.49. The number of carbonyl (C=O) groups is 1. The van der Waals surface area contributed by atoms with Crippen LogP contribution < -0.4 is 0 Å². The molecule has 1 aromatic carbocycles. The average Bonchev–Trinajstić information content (AvgIpc) is 3.02. The number of nitrogens with zero attached hydrogens (tertiary/aromatic N) is 4. The molecular formula is C21H26N4OS. The lowest BCUT2D eigenvalue weighted by atomic mass is 10.0. The Kier molecular flexibility index (Phi) is 4.84. The molecule has 3 heterocycles. The minimum Gasteiger partial charge on any atom is -0.342 e. The van der Waals surface area contributed by atoms with Gasteiger partial charge < -0.3 is 4.90 Å². The number of hydrogen-bond donors (Lipinski definition) is 0. The number of fused-ring (bicyclic) bond motifs is 3. The lowest BCUT2D eigenvalue weighted by Crippen LogP contribution is -2.40. The maximum atomic E-state index is 12.7. The van der Waals surface area contributed by atoms with E-state index in [1.54, 1.807) is 0 Å². The first-order valence-corrected chi connectivity index (χ1v) is 10.6. The molecule has 27 heavy (non-hydrogen) atoms. The summed E-state index contributed by atoms with van der Waals surface area (Å²) in [5.41, 5.74) is 5.64. The highest BCUT2D eigenvalue weighted by atomic mass is 32.2. The molecule has 3 aromatic rings. The molecule has 1 amide bonds. The number of aryl methyl sites for hydroxylation is 3. The first-order valence-electron chi connectivity index (χ1n) is 9.60. The highest BCUT2D eigenvalue weighted by Gasteiger charge is 2.22. The molecule has 1 atom stereocenters. The van der Waals surface area contributed by atoms with Gasteiger partial charge in [0.1, 0.15) is 0 Å². The molecule has 0 saturated carbocycles. The molecule has 1 fully saturated rings. The second-order valence-corrected chi connectivity index (χ2v) is 8.80. The van der Waals surface area contributed by atoms with Gasteiger partial charge in [-0.3, -0.25) is 9.20 Å². The topological polar surface area (TPSA) is 50.5 Å². The van der Waals surface area contributed by atoms with Crippen molar-refractivity contribution >= 4 is 34.2 Å². The highest BCUT2D eigenvalue weighted by Crippen LogP contribution is 2.29. The summed E-state index contributed by atoms with van der Waals surface area (Å²) in [6, 6.07) is 6.48. The Morgan fingerprint density at radius 1 is 1.19 bits per heavy atom. The number of piperidine rings is 1. The molecule has 0 spiro atoms. The van der Waals surface area contributed by atoms with Gasteiger partial charge in [0.25, 0.3) is 0 Å². The predicted octanol–water partition coefficient (Wildman–Crippen LogP) is 4.16. The Morgan fingerprint density at radius 2 is 2.00 bits per heavy atom. The first kappa shape index (κ1) is 18.3.